The molecule has 2 aromatic carbocycles. The molecule has 0 spiro atoms. The first-order chi connectivity index (χ1) is 12.4. The van der Waals surface area contributed by atoms with Crippen molar-refractivity contribution in [2.45, 2.75) is 12.5 Å². The Bertz CT molecular complexity index is 787. The standard InChI is InChI=1S/C16H18N2.C4H4O4/c1-18-10-14(12-6-3-2-4-7-12)13-8-5-9-16(17)15(13)11-18;5-3(6)1-2-4(7)8/h2-9,14H,10-11,17H2,1H3;1-2H,(H,5,6)(H,7,8). The van der Waals surface area contributed by atoms with E-state index in [0.717, 1.165) is 18.8 Å². The molecule has 2 aromatic rings. The SMILES string of the molecule is CN1Cc2c(N)cccc2C(c2ccccc2)C1.O=C(O)C=CC(=O)O. The lowest BCUT2D eigenvalue weighted by Gasteiger charge is -2.33. The van der Waals surface area contributed by atoms with Crippen molar-refractivity contribution in [3.05, 3.63) is 77.4 Å². The number of anilines is 1. The Balaban J connectivity index is 0.000000260. The van der Waals surface area contributed by atoms with Gasteiger partial charge in [0.25, 0.3) is 0 Å². The van der Waals surface area contributed by atoms with E-state index in [4.69, 9.17) is 15.9 Å². The fourth-order valence-corrected chi connectivity index (χ4v) is 2.99. The van der Waals surface area contributed by atoms with E-state index in [0.29, 0.717) is 18.1 Å². The average Bonchev–Trinajstić information content (AvgIpc) is 2.61. The molecule has 136 valence electrons. The molecule has 1 aliphatic heterocycles. The van der Waals surface area contributed by atoms with Gasteiger partial charge in [0, 0.05) is 36.8 Å². The van der Waals surface area contributed by atoms with Crippen LogP contribution in [0.2, 0.25) is 0 Å². The minimum absolute atomic E-state index is 0.434. The van der Waals surface area contributed by atoms with Gasteiger partial charge in [-0.3, -0.25) is 0 Å². The highest BCUT2D eigenvalue weighted by Crippen LogP contribution is 2.35. The summed E-state index contributed by atoms with van der Waals surface area (Å²) in [5, 5.41) is 15.6. The lowest BCUT2D eigenvalue weighted by Crippen LogP contribution is -2.31. The molecule has 0 fully saturated rings. The highest BCUT2D eigenvalue weighted by molar-refractivity contribution is 5.89. The van der Waals surface area contributed by atoms with Gasteiger partial charge in [-0.2, -0.15) is 0 Å². The van der Waals surface area contributed by atoms with Crippen LogP contribution in [0, 0.1) is 0 Å². The van der Waals surface area contributed by atoms with Gasteiger partial charge in [-0.05, 0) is 29.8 Å². The van der Waals surface area contributed by atoms with Crippen LogP contribution >= 0.6 is 0 Å². The molecule has 0 bridgehead atoms. The first-order valence-electron chi connectivity index (χ1n) is 8.13. The van der Waals surface area contributed by atoms with Gasteiger partial charge in [-0.1, -0.05) is 42.5 Å². The second kappa shape index (κ2) is 8.82. The van der Waals surface area contributed by atoms with Gasteiger partial charge in [-0.15, -0.1) is 0 Å². The van der Waals surface area contributed by atoms with Crippen LogP contribution in [0.25, 0.3) is 0 Å². The molecule has 3 rings (SSSR count). The lowest BCUT2D eigenvalue weighted by molar-refractivity contribution is -0.134. The first kappa shape index (κ1) is 19.2. The summed E-state index contributed by atoms with van der Waals surface area (Å²) in [5.41, 5.74) is 11.1. The molecular weight excluding hydrogens is 332 g/mol. The molecule has 0 radical (unpaired) electrons. The summed E-state index contributed by atoms with van der Waals surface area (Å²) in [7, 11) is 2.16. The second-order valence-electron chi connectivity index (χ2n) is 6.08. The monoisotopic (exact) mass is 354 g/mol. The van der Waals surface area contributed by atoms with Crippen LogP contribution in [0.5, 0.6) is 0 Å². The number of aliphatic carboxylic acids is 2. The number of carbonyl (C=O) groups is 2. The third-order valence-corrected chi connectivity index (χ3v) is 4.12. The molecule has 6 heteroatoms. The van der Waals surface area contributed by atoms with Gasteiger partial charge in [0.15, 0.2) is 0 Å². The smallest absolute Gasteiger partial charge is 0.328 e. The van der Waals surface area contributed by atoms with Gasteiger partial charge in [0.05, 0.1) is 0 Å². The van der Waals surface area contributed by atoms with Crippen LogP contribution < -0.4 is 5.73 Å². The van der Waals surface area contributed by atoms with Crippen molar-refractivity contribution in [1.29, 1.82) is 0 Å². The lowest BCUT2D eigenvalue weighted by atomic mass is 9.84. The molecule has 0 aromatic heterocycles. The van der Waals surface area contributed by atoms with E-state index < -0.39 is 11.9 Å². The van der Waals surface area contributed by atoms with Crippen molar-refractivity contribution >= 4 is 17.6 Å². The van der Waals surface area contributed by atoms with E-state index in [1.807, 2.05) is 6.07 Å². The van der Waals surface area contributed by atoms with E-state index in [1.54, 1.807) is 0 Å². The van der Waals surface area contributed by atoms with Crippen molar-refractivity contribution in [3.8, 4) is 0 Å². The number of hydrogen-bond donors (Lipinski definition) is 3. The molecule has 4 N–H and O–H groups in total. The molecule has 6 nitrogen and oxygen atoms in total. The number of carboxylic acids is 2. The Morgan fingerprint density at radius 3 is 2.23 bits per heavy atom. The summed E-state index contributed by atoms with van der Waals surface area (Å²) in [6.07, 6.45) is 1.12. The number of nitrogens with zero attached hydrogens (tertiary/aromatic N) is 1. The highest BCUT2D eigenvalue weighted by Gasteiger charge is 2.25. The summed E-state index contributed by atoms with van der Waals surface area (Å²) < 4.78 is 0. The van der Waals surface area contributed by atoms with Crippen molar-refractivity contribution in [3.63, 3.8) is 0 Å². The van der Waals surface area contributed by atoms with Gasteiger partial charge in [-0.25, -0.2) is 9.59 Å². The summed E-state index contributed by atoms with van der Waals surface area (Å²) >= 11 is 0. The van der Waals surface area contributed by atoms with Crippen molar-refractivity contribution in [2.24, 2.45) is 0 Å². The van der Waals surface area contributed by atoms with Gasteiger partial charge in [0.2, 0.25) is 0 Å². The normalized spacial score (nSPS) is 16.4. The van der Waals surface area contributed by atoms with E-state index in [-0.39, 0.29) is 0 Å². The third kappa shape index (κ3) is 5.19. The van der Waals surface area contributed by atoms with Gasteiger partial charge >= 0.3 is 11.9 Å². The minimum Gasteiger partial charge on any atom is -0.478 e. The zero-order valence-electron chi connectivity index (χ0n) is 14.5. The fraction of sp³-hybridized carbons (Fsp3) is 0.200. The quantitative estimate of drug-likeness (QED) is 0.578. The van der Waals surface area contributed by atoms with Crippen LogP contribution in [0.1, 0.15) is 22.6 Å². The summed E-state index contributed by atoms with van der Waals surface area (Å²) in [6, 6.07) is 17.0. The van der Waals surface area contributed by atoms with E-state index in [9.17, 15) is 9.59 Å². The Morgan fingerprint density at radius 1 is 1.04 bits per heavy atom. The van der Waals surface area contributed by atoms with E-state index in [1.165, 1.54) is 16.7 Å². The van der Waals surface area contributed by atoms with Crippen LogP contribution in [0.4, 0.5) is 5.69 Å². The maximum absolute atomic E-state index is 9.55. The number of nitrogen functional groups attached to an aromatic ring is 1. The summed E-state index contributed by atoms with van der Waals surface area (Å²) in [6.45, 7) is 2.01. The van der Waals surface area contributed by atoms with Gasteiger partial charge < -0.3 is 20.8 Å². The maximum atomic E-state index is 9.55. The largest absolute Gasteiger partial charge is 0.478 e. The molecule has 1 heterocycles. The number of nitrogens with two attached hydrogens (primary N) is 1. The number of rotatable bonds is 3. The Hall–Kier alpha value is -3.12. The molecule has 1 aliphatic rings. The van der Waals surface area contributed by atoms with Crippen LogP contribution in [-0.4, -0.2) is 40.6 Å². The van der Waals surface area contributed by atoms with Crippen molar-refractivity contribution < 1.29 is 19.8 Å². The van der Waals surface area contributed by atoms with Crippen LogP contribution in [0.15, 0.2) is 60.7 Å². The Kier molecular flexibility index (Phi) is 6.52. The zero-order chi connectivity index (χ0) is 19.1. The molecular formula is C20H22N2O4. The first-order valence-corrected chi connectivity index (χ1v) is 8.13. The van der Waals surface area contributed by atoms with E-state index in [2.05, 4.69) is 54.4 Å². The molecule has 0 aliphatic carbocycles. The molecule has 0 saturated carbocycles. The van der Waals surface area contributed by atoms with E-state index >= 15 is 0 Å². The predicted molar refractivity (Wildman–Crippen MR) is 99.9 cm³/mol. The molecule has 1 unspecified atom stereocenters. The van der Waals surface area contributed by atoms with Crippen molar-refractivity contribution in [1.82, 2.24) is 4.90 Å². The Labute approximate surface area is 152 Å². The Morgan fingerprint density at radius 2 is 1.65 bits per heavy atom. The van der Waals surface area contributed by atoms with Crippen molar-refractivity contribution in [2.75, 3.05) is 19.3 Å². The summed E-state index contributed by atoms with van der Waals surface area (Å²) in [4.78, 5) is 21.5. The second-order valence-corrected chi connectivity index (χ2v) is 6.08. The number of likely N-dealkylation sites (N-methyl/N-ethyl adjacent to an activating group) is 1. The average molecular weight is 354 g/mol. The molecule has 26 heavy (non-hydrogen) atoms. The third-order valence-electron chi connectivity index (χ3n) is 4.12. The van der Waals surface area contributed by atoms with Gasteiger partial charge in [0.1, 0.15) is 0 Å². The topological polar surface area (TPSA) is 104 Å². The molecule has 0 saturated heterocycles. The fourth-order valence-electron chi connectivity index (χ4n) is 2.99. The number of carboxylic acid groups (broad SMARTS) is 2. The molecule has 0 amide bonds. The summed E-state index contributed by atoms with van der Waals surface area (Å²) in [5.74, 6) is -2.08. The van der Waals surface area contributed by atoms with Crippen LogP contribution in [-0.2, 0) is 16.1 Å². The number of fused-ring (bicyclic) bond motifs is 1. The number of benzene rings is 2. The minimum atomic E-state index is -1.26. The van der Waals surface area contributed by atoms with Crippen LogP contribution in [0.3, 0.4) is 0 Å². The predicted octanol–water partition coefficient (Wildman–Crippen LogP) is 2.56. The molecule has 1 atom stereocenters. The number of hydrogen-bond acceptors (Lipinski definition) is 4. The zero-order valence-corrected chi connectivity index (χ0v) is 14.5. The highest BCUT2D eigenvalue weighted by atomic mass is 16.4. The maximum Gasteiger partial charge on any atom is 0.328 e.